The fourth-order valence-corrected chi connectivity index (χ4v) is 4.43. The molecule has 1 N–H and O–H groups in total. The third kappa shape index (κ3) is 7.39. The summed E-state index contributed by atoms with van der Waals surface area (Å²) in [6.07, 6.45) is 2.40. The second kappa shape index (κ2) is 11.1. The molecule has 1 aromatic heterocycles. The van der Waals surface area contributed by atoms with Gasteiger partial charge in [0.15, 0.2) is 0 Å². The molecule has 1 atom stereocenters. The highest BCUT2D eigenvalue weighted by molar-refractivity contribution is 8.26. The molecule has 1 saturated heterocycles. The molecule has 11 heteroatoms. The van der Waals surface area contributed by atoms with E-state index in [2.05, 4.69) is 5.32 Å². The van der Waals surface area contributed by atoms with Gasteiger partial charge in [0.05, 0.1) is 17.7 Å². The number of furan rings is 1. The lowest BCUT2D eigenvalue weighted by molar-refractivity contribution is -0.124. The topological polar surface area (TPSA) is 71.8 Å². The molecule has 6 nitrogen and oxygen atoms in total. The second-order valence-corrected chi connectivity index (χ2v) is 11.7. The quantitative estimate of drug-likeness (QED) is 0.191. The van der Waals surface area contributed by atoms with Gasteiger partial charge in [0, 0.05) is 6.42 Å². The third-order valence-corrected chi connectivity index (χ3v) is 6.35. The number of carbonyl (C=O) groups is 2. The highest BCUT2D eigenvalue weighted by Gasteiger charge is 2.36. The fourth-order valence-electron chi connectivity index (χ4n) is 2.88. The Morgan fingerprint density at radius 3 is 2.55 bits per heavy atom. The lowest BCUT2D eigenvalue weighted by atomic mass is 10.1. The van der Waals surface area contributed by atoms with Crippen LogP contribution in [0.5, 0.6) is 5.75 Å². The van der Waals surface area contributed by atoms with Crippen LogP contribution in [0.1, 0.15) is 31.6 Å². The van der Waals surface area contributed by atoms with Crippen LogP contribution in [0.15, 0.2) is 52.0 Å². The maximum absolute atomic E-state index is 12.7. The van der Waals surface area contributed by atoms with Crippen molar-refractivity contribution in [3.8, 4) is 5.75 Å². The summed E-state index contributed by atoms with van der Waals surface area (Å²) in [5.41, 5.74) is 0.759. The number of benzene rings is 1. The first kappa shape index (κ1) is 25.9. The lowest BCUT2D eigenvalue weighted by Crippen LogP contribution is -2.48. The Hall–Kier alpha value is -1.71. The van der Waals surface area contributed by atoms with Crippen molar-refractivity contribution >= 4 is 81.0 Å². The van der Waals surface area contributed by atoms with E-state index in [-0.39, 0.29) is 30.7 Å². The molecule has 0 radical (unpaired) electrons. The van der Waals surface area contributed by atoms with Gasteiger partial charge in [0.1, 0.15) is 15.8 Å². The maximum atomic E-state index is 12.7. The van der Waals surface area contributed by atoms with Gasteiger partial charge in [-0.2, -0.15) is 0 Å². The largest absolute Gasteiger partial charge is 0.467 e. The number of hydrogen-bond acceptors (Lipinski definition) is 6. The van der Waals surface area contributed by atoms with Crippen LogP contribution in [0.3, 0.4) is 0 Å². The number of carbonyl (C=O) groups excluding carboxylic acids is 2. The van der Waals surface area contributed by atoms with Crippen molar-refractivity contribution in [2.24, 2.45) is 5.92 Å². The van der Waals surface area contributed by atoms with Crippen molar-refractivity contribution in [1.82, 2.24) is 10.2 Å². The summed E-state index contributed by atoms with van der Waals surface area (Å²) >= 11 is 24.5. The van der Waals surface area contributed by atoms with Crippen molar-refractivity contribution in [2.75, 3.05) is 0 Å². The SMILES string of the molecule is CC(C)CC(=O)N[C@@H](Oc1ccc(/C=C2\SC(=S)N(Cc3ccco3)C2=O)cc1)C(Cl)(Cl)Cl. The van der Waals surface area contributed by atoms with Crippen molar-refractivity contribution in [1.29, 1.82) is 0 Å². The zero-order valence-corrected chi connectivity index (χ0v) is 21.6. The summed E-state index contributed by atoms with van der Waals surface area (Å²) in [6.45, 7) is 4.10. The van der Waals surface area contributed by atoms with Crippen LogP contribution in [-0.2, 0) is 16.1 Å². The molecule has 0 spiro atoms. The van der Waals surface area contributed by atoms with Crippen LogP contribution in [-0.4, -0.2) is 31.1 Å². The Morgan fingerprint density at radius 2 is 1.97 bits per heavy atom. The van der Waals surface area contributed by atoms with Crippen molar-refractivity contribution in [3.63, 3.8) is 0 Å². The molecule has 3 rings (SSSR count). The number of amides is 2. The molecule has 2 amide bonds. The molecule has 33 heavy (non-hydrogen) atoms. The zero-order chi connectivity index (χ0) is 24.2. The Morgan fingerprint density at radius 1 is 1.27 bits per heavy atom. The first-order valence-corrected chi connectivity index (χ1v) is 12.3. The van der Waals surface area contributed by atoms with Gasteiger partial charge in [-0.25, -0.2) is 0 Å². The maximum Gasteiger partial charge on any atom is 0.266 e. The van der Waals surface area contributed by atoms with E-state index in [1.165, 1.54) is 16.7 Å². The van der Waals surface area contributed by atoms with Crippen molar-refractivity contribution in [2.45, 2.75) is 36.8 Å². The zero-order valence-electron chi connectivity index (χ0n) is 17.7. The molecule has 1 aliphatic heterocycles. The summed E-state index contributed by atoms with van der Waals surface area (Å²) in [5.74, 6) is 0.713. The van der Waals surface area contributed by atoms with Gasteiger partial charge in [-0.3, -0.25) is 14.5 Å². The van der Waals surface area contributed by atoms with E-state index in [1.807, 2.05) is 13.8 Å². The summed E-state index contributed by atoms with van der Waals surface area (Å²) in [7, 11) is 0. The van der Waals surface area contributed by atoms with Crippen LogP contribution in [0, 0.1) is 5.92 Å². The first-order chi connectivity index (χ1) is 15.5. The van der Waals surface area contributed by atoms with Gasteiger partial charge in [0.2, 0.25) is 15.9 Å². The van der Waals surface area contributed by atoms with Gasteiger partial charge in [-0.15, -0.1) is 0 Å². The molecular weight excluding hydrogens is 527 g/mol. The van der Waals surface area contributed by atoms with Crippen LogP contribution in [0.4, 0.5) is 0 Å². The van der Waals surface area contributed by atoms with Crippen LogP contribution < -0.4 is 10.1 Å². The number of hydrogen-bond donors (Lipinski definition) is 1. The minimum Gasteiger partial charge on any atom is -0.467 e. The van der Waals surface area contributed by atoms with Crippen LogP contribution in [0.25, 0.3) is 6.08 Å². The number of halogens is 3. The van der Waals surface area contributed by atoms with Gasteiger partial charge >= 0.3 is 0 Å². The van der Waals surface area contributed by atoms with Gasteiger partial charge in [-0.05, 0) is 41.8 Å². The molecule has 1 aromatic carbocycles. The number of nitrogens with one attached hydrogen (secondary N) is 1. The Kier molecular flexibility index (Phi) is 8.75. The molecular formula is C22H21Cl3N2O4S2. The molecule has 0 aliphatic carbocycles. The fraction of sp³-hybridized carbons (Fsp3) is 0.318. The predicted molar refractivity (Wildman–Crippen MR) is 136 cm³/mol. The molecule has 1 aliphatic rings. The monoisotopic (exact) mass is 546 g/mol. The smallest absolute Gasteiger partial charge is 0.266 e. The first-order valence-electron chi connectivity index (χ1n) is 9.93. The van der Waals surface area contributed by atoms with Gasteiger partial charge in [-0.1, -0.05) is 84.8 Å². The Balaban J connectivity index is 1.67. The van der Waals surface area contributed by atoms with E-state index in [9.17, 15) is 9.59 Å². The summed E-state index contributed by atoms with van der Waals surface area (Å²) in [4.78, 5) is 26.8. The highest BCUT2D eigenvalue weighted by atomic mass is 35.6. The standard InChI is InChI=1S/C22H21Cl3N2O4S2/c1-13(2)10-18(28)26-20(22(23,24)25)31-15-7-5-14(6-8-15)11-17-19(29)27(21(32)33-17)12-16-4-3-9-30-16/h3-9,11,13,20H,10,12H2,1-2H3,(H,26,28)/b17-11-/t20-/m0/s1. The second-order valence-electron chi connectivity index (χ2n) is 7.62. The number of rotatable bonds is 8. The summed E-state index contributed by atoms with van der Waals surface area (Å²) in [6, 6.07) is 10.4. The van der Waals surface area contributed by atoms with Gasteiger partial charge < -0.3 is 14.5 Å². The molecule has 176 valence electrons. The molecule has 0 saturated carbocycles. The normalized spacial score (nSPS) is 16.5. The number of ether oxygens (including phenoxy) is 1. The molecule has 2 aromatic rings. The third-order valence-electron chi connectivity index (χ3n) is 4.38. The van der Waals surface area contributed by atoms with E-state index in [4.69, 9.17) is 56.2 Å². The minimum atomic E-state index is -1.87. The van der Waals surface area contributed by atoms with E-state index >= 15 is 0 Å². The van der Waals surface area contributed by atoms with Crippen molar-refractivity contribution < 1.29 is 18.7 Å². The highest BCUT2D eigenvalue weighted by Crippen LogP contribution is 2.35. The van der Waals surface area contributed by atoms with Crippen molar-refractivity contribution in [3.05, 3.63) is 58.9 Å². The molecule has 1 fully saturated rings. The van der Waals surface area contributed by atoms with E-state index in [0.29, 0.717) is 20.7 Å². The average molecular weight is 548 g/mol. The van der Waals surface area contributed by atoms with E-state index in [0.717, 1.165) is 5.56 Å². The molecule has 0 unspecified atom stereocenters. The number of alkyl halides is 3. The van der Waals surface area contributed by atoms with E-state index < -0.39 is 10.0 Å². The Bertz CT molecular complexity index is 1030. The Labute approximate surface area is 216 Å². The average Bonchev–Trinajstić information content (AvgIpc) is 3.32. The number of thiocarbonyl (C=S) groups is 1. The van der Waals surface area contributed by atoms with Gasteiger partial charge in [0.25, 0.3) is 5.91 Å². The van der Waals surface area contributed by atoms with Crippen LogP contribution >= 0.6 is 58.8 Å². The van der Waals surface area contributed by atoms with E-state index in [1.54, 1.807) is 48.7 Å². The number of thioether (sulfide) groups is 1. The van der Waals surface area contributed by atoms with Crippen LogP contribution in [0.2, 0.25) is 0 Å². The molecule has 2 heterocycles. The summed E-state index contributed by atoms with van der Waals surface area (Å²) in [5, 5.41) is 2.60. The predicted octanol–water partition coefficient (Wildman–Crippen LogP) is 5.92. The molecule has 0 bridgehead atoms. The number of nitrogens with zero attached hydrogens (tertiary/aromatic N) is 1. The minimum absolute atomic E-state index is 0.146. The summed E-state index contributed by atoms with van der Waals surface area (Å²) < 4.78 is 9.61. The lowest BCUT2D eigenvalue weighted by Gasteiger charge is -2.26.